The maximum Gasteiger partial charge on any atom is 0.0258 e. The smallest absolute Gasteiger partial charge is 0.0258 e. The molecule has 0 bridgehead atoms. The molecule has 0 unspecified atom stereocenters. The number of hydrogen-bond acceptors (Lipinski definition) is 0. The molecule has 0 aliphatic carbocycles. The van der Waals surface area contributed by atoms with Crippen LogP contribution in [-0.2, 0) is 36.0 Å². The Kier molecular flexibility index (Phi) is 47.5. The normalized spacial score (nSPS) is 10.0. The van der Waals surface area contributed by atoms with Crippen LogP contribution in [0.25, 0.3) is 0 Å². The first kappa shape index (κ1) is 31.0. The van der Waals surface area contributed by atoms with Crippen LogP contribution in [0.5, 0.6) is 0 Å². The zero-order chi connectivity index (χ0) is 15.3. The second-order valence-electron chi connectivity index (χ2n) is 4.87. The van der Waals surface area contributed by atoms with Crippen LogP contribution < -0.4 is 0 Å². The van der Waals surface area contributed by atoms with Crippen LogP contribution in [0.2, 0.25) is 0 Å². The van der Waals surface area contributed by atoms with Crippen LogP contribution in [-0.4, -0.2) is 11.8 Å². The van der Waals surface area contributed by atoms with E-state index in [-0.39, 0.29) is 37.4 Å². The van der Waals surface area contributed by atoms with Crippen molar-refractivity contribution < 1.29 is 37.4 Å². The van der Waals surface area contributed by atoms with Gasteiger partial charge in [0.05, 0.1) is 0 Å². The van der Waals surface area contributed by atoms with E-state index in [2.05, 4.69) is 38.2 Å². The summed E-state index contributed by atoms with van der Waals surface area (Å²) in [5.41, 5.74) is 0. The summed E-state index contributed by atoms with van der Waals surface area (Å²) in [7, 11) is 0. The molecule has 0 amide bonds. The zero-order valence-corrected chi connectivity index (χ0v) is 20.0. The standard InChI is InChI=1S/C9H19Cl.C9H15Cl.Ni.Zn.H2/c2*1-2-3-4-5-6-7-8-9-10;;;/h2-9H2,1H3;3-4,6-7H,2,5,8-9H2,1H3;;;1H/b;4-3-,7-6-;;;. The second-order valence-corrected chi connectivity index (χ2v) is 5.63. The zero-order valence-electron chi connectivity index (χ0n) is 14.6. The van der Waals surface area contributed by atoms with E-state index < -0.39 is 0 Å². The molecule has 0 saturated carbocycles. The van der Waals surface area contributed by atoms with Crippen molar-refractivity contribution in [2.45, 2.75) is 78.1 Å². The average molecular weight is 447 g/mol. The molecule has 0 heterocycles. The third-order valence-electron chi connectivity index (χ3n) is 2.85. The van der Waals surface area contributed by atoms with Crippen molar-refractivity contribution in [3.63, 3.8) is 0 Å². The topological polar surface area (TPSA) is 0 Å². The largest absolute Gasteiger partial charge is 0.127 e. The predicted octanol–water partition coefficient (Wildman–Crippen LogP) is 7.74. The van der Waals surface area contributed by atoms with E-state index in [0.29, 0.717) is 0 Å². The molecule has 0 fully saturated rings. The van der Waals surface area contributed by atoms with Gasteiger partial charge in [-0.1, -0.05) is 76.7 Å². The average Bonchev–Trinajstić information content (AvgIpc) is 2.47. The first-order valence-electron chi connectivity index (χ1n) is 8.25. The predicted molar refractivity (Wildman–Crippen MR) is 99.4 cm³/mol. The summed E-state index contributed by atoms with van der Waals surface area (Å²) in [4.78, 5) is 0. The van der Waals surface area contributed by atoms with Crippen molar-refractivity contribution in [2.24, 2.45) is 0 Å². The Bertz CT molecular complexity index is 207. The fourth-order valence-electron chi connectivity index (χ4n) is 1.67. The molecule has 0 aromatic carbocycles. The van der Waals surface area contributed by atoms with Crippen LogP contribution in [0, 0.1) is 0 Å². The Morgan fingerprint density at radius 1 is 0.727 bits per heavy atom. The summed E-state index contributed by atoms with van der Waals surface area (Å²) in [6, 6.07) is 0. The van der Waals surface area contributed by atoms with Crippen molar-refractivity contribution in [1.82, 2.24) is 0 Å². The molecule has 0 aromatic rings. The second kappa shape index (κ2) is 33.7. The molecule has 4 heteroatoms. The molecule has 22 heavy (non-hydrogen) atoms. The number of allylic oxidation sites excluding steroid dienone is 4. The summed E-state index contributed by atoms with van der Waals surface area (Å²) in [6.45, 7) is 4.39. The van der Waals surface area contributed by atoms with Gasteiger partial charge < -0.3 is 0 Å². The van der Waals surface area contributed by atoms with E-state index in [0.717, 1.165) is 31.0 Å². The van der Waals surface area contributed by atoms with Gasteiger partial charge in [-0.05, 0) is 25.7 Å². The Labute approximate surface area is 174 Å². The van der Waals surface area contributed by atoms with Crippen molar-refractivity contribution in [2.75, 3.05) is 11.8 Å². The molecule has 0 aromatic heterocycles. The Hall–Kier alpha value is 1.18. The fraction of sp³-hybridized carbons (Fsp3) is 0.778. The van der Waals surface area contributed by atoms with Crippen molar-refractivity contribution in [3.05, 3.63) is 24.3 Å². The van der Waals surface area contributed by atoms with Gasteiger partial charge in [-0.3, -0.25) is 0 Å². The van der Waals surface area contributed by atoms with Gasteiger partial charge in [-0.25, -0.2) is 0 Å². The minimum atomic E-state index is 0. The molecule has 0 spiro atoms. The van der Waals surface area contributed by atoms with Crippen LogP contribution in [0.15, 0.2) is 24.3 Å². The van der Waals surface area contributed by atoms with Gasteiger partial charge in [-0.2, -0.15) is 0 Å². The SMILES string of the molecule is CC/C=C\C/C=C\CCCl.CCCCCCCCCCl.[HH].[Ni].[Zn]. The molecule has 0 radical (unpaired) electrons. The molecule has 0 N–H and O–H groups in total. The van der Waals surface area contributed by atoms with Crippen LogP contribution >= 0.6 is 23.2 Å². The van der Waals surface area contributed by atoms with E-state index in [4.69, 9.17) is 23.2 Å². The third-order valence-corrected chi connectivity index (χ3v) is 3.34. The van der Waals surface area contributed by atoms with Crippen molar-refractivity contribution in [3.8, 4) is 0 Å². The van der Waals surface area contributed by atoms with E-state index in [1.54, 1.807) is 0 Å². The van der Waals surface area contributed by atoms with E-state index in [9.17, 15) is 0 Å². The summed E-state index contributed by atoms with van der Waals surface area (Å²) in [6.07, 6.45) is 21.3. The first-order chi connectivity index (χ1) is 9.83. The van der Waals surface area contributed by atoms with Crippen molar-refractivity contribution in [1.29, 1.82) is 0 Å². The molecule has 0 rings (SSSR count). The van der Waals surface area contributed by atoms with Crippen LogP contribution in [0.4, 0.5) is 0 Å². The number of unbranched alkanes of at least 4 members (excludes halogenated alkanes) is 6. The third kappa shape index (κ3) is 37.4. The van der Waals surface area contributed by atoms with E-state index >= 15 is 0 Å². The minimum absolute atomic E-state index is 0. The molecule has 0 atom stereocenters. The summed E-state index contributed by atoms with van der Waals surface area (Å²) in [5.74, 6) is 1.57. The van der Waals surface area contributed by atoms with Gasteiger partial charge in [0.1, 0.15) is 0 Å². The van der Waals surface area contributed by atoms with Gasteiger partial charge >= 0.3 is 0 Å². The fourth-order valence-corrected chi connectivity index (χ4v) is 1.99. The Balaban J connectivity index is -0.0000000831. The molecule has 0 nitrogen and oxygen atoms in total. The van der Waals surface area contributed by atoms with Crippen LogP contribution in [0.1, 0.15) is 79.5 Å². The van der Waals surface area contributed by atoms with E-state index in [1.807, 2.05) is 0 Å². The number of halogens is 2. The van der Waals surface area contributed by atoms with Gasteiger partial charge in [0.15, 0.2) is 0 Å². The van der Waals surface area contributed by atoms with Gasteiger partial charge in [0, 0.05) is 49.2 Å². The molecular weight excluding hydrogens is 411 g/mol. The molecule has 0 saturated heterocycles. The molecular formula is C18H36Cl2NiZn. The Morgan fingerprint density at radius 2 is 1.27 bits per heavy atom. The molecule has 134 valence electrons. The maximum atomic E-state index is 5.54. The Morgan fingerprint density at radius 3 is 1.77 bits per heavy atom. The minimum Gasteiger partial charge on any atom is -0.127 e. The van der Waals surface area contributed by atoms with E-state index in [1.165, 1.54) is 44.9 Å². The first-order valence-corrected chi connectivity index (χ1v) is 9.32. The quantitative estimate of drug-likeness (QED) is 0.124. The number of hydrogen-bond donors (Lipinski definition) is 0. The summed E-state index contributed by atoms with van der Waals surface area (Å²) in [5, 5.41) is 0. The number of rotatable bonds is 12. The molecule has 0 aliphatic rings. The summed E-state index contributed by atoms with van der Waals surface area (Å²) < 4.78 is 0. The summed E-state index contributed by atoms with van der Waals surface area (Å²) >= 11 is 11.0. The van der Waals surface area contributed by atoms with Crippen LogP contribution in [0.3, 0.4) is 0 Å². The van der Waals surface area contributed by atoms with Gasteiger partial charge in [0.25, 0.3) is 0 Å². The van der Waals surface area contributed by atoms with Gasteiger partial charge in [0.2, 0.25) is 0 Å². The van der Waals surface area contributed by atoms with Crippen molar-refractivity contribution >= 4 is 23.2 Å². The maximum absolute atomic E-state index is 5.54. The monoisotopic (exact) mass is 444 g/mol. The molecule has 0 aliphatic heterocycles. The number of alkyl halides is 2. The van der Waals surface area contributed by atoms with Gasteiger partial charge in [-0.15, -0.1) is 23.2 Å².